The van der Waals surface area contributed by atoms with Crippen molar-refractivity contribution in [2.75, 3.05) is 6.61 Å². The summed E-state index contributed by atoms with van der Waals surface area (Å²) in [5, 5.41) is 23.9. The molecule has 394 valence electrons. The first-order valence-electron chi connectivity index (χ1n) is 29.2. The van der Waals surface area contributed by atoms with E-state index in [1.807, 2.05) is 0 Å². The molecular formula is C62H111NO5. The van der Waals surface area contributed by atoms with Gasteiger partial charge < -0.3 is 20.3 Å². The molecule has 1 amide bonds. The van der Waals surface area contributed by atoms with Gasteiger partial charge in [0, 0.05) is 6.42 Å². The van der Waals surface area contributed by atoms with E-state index < -0.39 is 18.2 Å². The van der Waals surface area contributed by atoms with Crippen LogP contribution in [-0.2, 0) is 14.3 Å². The number of unbranched alkanes of at least 4 members (excludes halogenated alkanes) is 29. The first-order chi connectivity index (χ1) is 33.5. The number of nitrogens with one attached hydrogen (secondary N) is 1. The molecule has 3 atom stereocenters. The normalized spacial score (nSPS) is 13.7. The second-order valence-electron chi connectivity index (χ2n) is 19.7. The lowest BCUT2D eigenvalue weighted by Crippen LogP contribution is -2.46. The smallest absolute Gasteiger partial charge is 0.306 e. The number of aliphatic hydroxyl groups excluding tert-OH is 2. The van der Waals surface area contributed by atoms with Gasteiger partial charge in [-0.05, 0) is 89.9 Å². The topological polar surface area (TPSA) is 95.9 Å². The Balaban J connectivity index is 4.64. The number of amides is 1. The zero-order valence-corrected chi connectivity index (χ0v) is 45.0. The van der Waals surface area contributed by atoms with E-state index in [9.17, 15) is 19.8 Å². The van der Waals surface area contributed by atoms with Gasteiger partial charge in [-0.2, -0.15) is 0 Å². The fourth-order valence-corrected chi connectivity index (χ4v) is 8.65. The molecule has 0 bridgehead atoms. The molecule has 0 spiro atoms. The standard InChI is InChI=1S/C62H111NO5/c1-4-7-10-13-16-19-22-25-28-31-33-36-39-42-45-48-51-54-60(65)59(57-64)63-61(66)56-58(53-50-47-44-41-38-35-32-29-26-23-20-17-14-11-8-5-2)68-62(67)55-52-49-46-43-40-37-34-30-27-24-21-18-15-12-9-6-3/h9,12,18,21,27,29-30,32,35,37-38,40,58-60,64-65H,4-8,10-11,13-17,19-20,22-26,28,31,33-34,36,39,41-57H2,1-3H3,(H,63,66)/b12-9+,21-18+,30-27+,32-29+,38-35+,40-37+. The Bertz CT molecular complexity index is 1250. The number of hydrogen-bond acceptors (Lipinski definition) is 5. The number of esters is 1. The summed E-state index contributed by atoms with van der Waals surface area (Å²) < 4.78 is 5.93. The predicted octanol–water partition coefficient (Wildman–Crippen LogP) is 18.1. The first-order valence-corrected chi connectivity index (χ1v) is 29.2. The van der Waals surface area contributed by atoms with E-state index in [1.165, 1.54) is 135 Å². The lowest BCUT2D eigenvalue weighted by Gasteiger charge is -2.24. The first kappa shape index (κ1) is 65.3. The molecule has 3 unspecified atom stereocenters. The molecule has 0 aliphatic rings. The SMILES string of the molecule is CC/C=C/C/C=C/C/C=C/C/C=C/CCCCCC(=O)OC(CCCCC/C=C/C=C/CCCCCCCCC)CC(=O)NC(CO)C(O)CCCCCCCCCCCCCCCCCCC. The molecule has 0 aromatic carbocycles. The summed E-state index contributed by atoms with van der Waals surface area (Å²) in [4.78, 5) is 26.3. The minimum atomic E-state index is -0.804. The minimum Gasteiger partial charge on any atom is -0.462 e. The zero-order chi connectivity index (χ0) is 49.5. The van der Waals surface area contributed by atoms with Crippen LogP contribution in [-0.4, -0.2) is 46.9 Å². The van der Waals surface area contributed by atoms with E-state index in [0.29, 0.717) is 19.3 Å². The molecule has 0 aromatic heterocycles. The van der Waals surface area contributed by atoms with Crippen molar-refractivity contribution >= 4 is 11.9 Å². The molecule has 0 heterocycles. The highest BCUT2D eigenvalue weighted by Gasteiger charge is 2.24. The van der Waals surface area contributed by atoms with E-state index in [0.717, 1.165) is 103 Å². The molecule has 68 heavy (non-hydrogen) atoms. The van der Waals surface area contributed by atoms with E-state index in [1.54, 1.807) is 0 Å². The van der Waals surface area contributed by atoms with Gasteiger partial charge in [-0.15, -0.1) is 0 Å². The number of carbonyl (C=O) groups excluding carboxylic acids is 2. The third-order valence-electron chi connectivity index (χ3n) is 13.0. The van der Waals surface area contributed by atoms with Crippen molar-refractivity contribution < 1.29 is 24.5 Å². The molecular weight excluding hydrogens is 839 g/mol. The van der Waals surface area contributed by atoms with Gasteiger partial charge in [0.25, 0.3) is 0 Å². The Morgan fingerprint density at radius 1 is 0.456 bits per heavy atom. The Morgan fingerprint density at radius 3 is 1.31 bits per heavy atom. The van der Waals surface area contributed by atoms with Gasteiger partial charge in [0.05, 0.1) is 25.2 Å². The van der Waals surface area contributed by atoms with Crippen LogP contribution < -0.4 is 5.32 Å². The van der Waals surface area contributed by atoms with Crippen molar-refractivity contribution in [3.63, 3.8) is 0 Å². The molecule has 0 fully saturated rings. The van der Waals surface area contributed by atoms with Gasteiger partial charge in [0.2, 0.25) is 5.91 Å². The number of carbonyl (C=O) groups is 2. The van der Waals surface area contributed by atoms with E-state index in [-0.39, 0.29) is 24.9 Å². The number of hydrogen-bond donors (Lipinski definition) is 3. The third-order valence-corrected chi connectivity index (χ3v) is 13.0. The van der Waals surface area contributed by atoms with E-state index in [2.05, 4.69) is 99.0 Å². The minimum absolute atomic E-state index is 0.0450. The van der Waals surface area contributed by atoms with Crippen molar-refractivity contribution in [1.29, 1.82) is 0 Å². The largest absolute Gasteiger partial charge is 0.462 e. The lowest BCUT2D eigenvalue weighted by molar-refractivity contribution is -0.151. The maximum absolute atomic E-state index is 13.3. The van der Waals surface area contributed by atoms with Gasteiger partial charge in [0.1, 0.15) is 6.10 Å². The van der Waals surface area contributed by atoms with Crippen LogP contribution in [0.25, 0.3) is 0 Å². The summed E-state index contributed by atoms with van der Waals surface area (Å²) in [5.74, 6) is -0.532. The molecule has 0 aliphatic heterocycles. The highest BCUT2D eigenvalue weighted by atomic mass is 16.5. The summed E-state index contributed by atoms with van der Waals surface area (Å²) in [6, 6.07) is -0.721. The monoisotopic (exact) mass is 950 g/mol. The second kappa shape index (κ2) is 55.2. The highest BCUT2D eigenvalue weighted by Crippen LogP contribution is 2.18. The second-order valence-corrected chi connectivity index (χ2v) is 19.7. The van der Waals surface area contributed by atoms with Gasteiger partial charge >= 0.3 is 5.97 Å². The molecule has 6 heteroatoms. The van der Waals surface area contributed by atoms with E-state index >= 15 is 0 Å². The van der Waals surface area contributed by atoms with Crippen LogP contribution in [0.5, 0.6) is 0 Å². The summed E-state index contributed by atoms with van der Waals surface area (Å²) in [6.45, 7) is 6.38. The predicted molar refractivity (Wildman–Crippen MR) is 296 cm³/mol. The van der Waals surface area contributed by atoms with Gasteiger partial charge in [0.15, 0.2) is 0 Å². The van der Waals surface area contributed by atoms with Crippen molar-refractivity contribution in [3.05, 3.63) is 72.9 Å². The van der Waals surface area contributed by atoms with Crippen LogP contribution in [0.2, 0.25) is 0 Å². The third kappa shape index (κ3) is 49.7. The molecule has 0 radical (unpaired) electrons. The fraction of sp³-hybridized carbons (Fsp3) is 0.774. The number of aliphatic hydroxyl groups is 2. The Labute approximate surface area is 421 Å². The molecule has 6 nitrogen and oxygen atoms in total. The maximum Gasteiger partial charge on any atom is 0.306 e. The number of allylic oxidation sites excluding steroid dienone is 12. The van der Waals surface area contributed by atoms with Gasteiger partial charge in [-0.1, -0.05) is 254 Å². The molecule has 0 aromatic rings. The van der Waals surface area contributed by atoms with Crippen LogP contribution in [0.1, 0.15) is 284 Å². The van der Waals surface area contributed by atoms with Crippen LogP contribution in [0.3, 0.4) is 0 Å². The Hall–Kier alpha value is -2.70. The van der Waals surface area contributed by atoms with Crippen LogP contribution in [0.15, 0.2) is 72.9 Å². The van der Waals surface area contributed by atoms with E-state index in [4.69, 9.17) is 4.74 Å². The summed E-state index contributed by atoms with van der Waals surface area (Å²) in [6.07, 6.45) is 71.1. The van der Waals surface area contributed by atoms with Crippen molar-refractivity contribution in [2.24, 2.45) is 0 Å². The molecule has 3 N–H and O–H groups in total. The van der Waals surface area contributed by atoms with Crippen molar-refractivity contribution in [1.82, 2.24) is 5.32 Å². The Kier molecular flexibility index (Phi) is 53.0. The van der Waals surface area contributed by atoms with Gasteiger partial charge in [-0.25, -0.2) is 0 Å². The quantitative estimate of drug-likeness (QED) is 0.0244. The maximum atomic E-state index is 13.3. The average molecular weight is 951 g/mol. The summed E-state index contributed by atoms with van der Waals surface area (Å²) in [7, 11) is 0. The Morgan fingerprint density at radius 2 is 0.838 bits per heavy atom. The van der Waals surface area contributed by atoms with Crippen LogP contribution >= 0.6 is 0 Å². The molecule has 0 saturated carbocycles. The fourth-order valence-electron chi connectivity index (χ4n) is 8.65. The lowest BCUT2D eigenvalue weighted by atomic mass is 10.0. The van der Waals surface area contributed by atoms with Crippen molar-refractivity contribution in [3.8, 4) is 0 Å². The van der Waals surface area contributed by atoms with Gasteiger partial charge in [-0.3, -0.25) is 9.59 Å². The van der Waals surface area contributed by atoms with Crippen LogP contribution in [0, 0.1) is 0 Å². The summed E-state index contributed by atoms with van der Waals surface area (Å²) >= 11 is 0. The van der Waals surface area contributed by atoms with Crippen LogP contribution in [0.4, 0.5) is 0 Å². The average Bonchev–Trinajstić information content (AvgIpc) is 3.33. The highest BCUT2D eigenvalue weighted by molar-refractivity contribution is 5.77. The molecule has 0 rings (SSSR count). The zero-order valence-electron chi connectivity index (χ0n) is 45.0. The van der Waals surface area contributed by atoms with Crippen molar-refractivity contribution in [2.45, 2.75) is 302 Å². The summed E-state index contributed by atoms with van der Waals surface area (Å²) in [5.41, 5.74) is 0. The molecule has 0 aliphatic carbocycles. The number of ether oxygens (including phenoxy) is 1. The number of rotatable bonds is 52. The molecule has 0 saturated heterocycles.